The molecule has 0 spiro atoms. The van der Waals surface area contributed by atoms with Crippen LogP contribution < -0.4 is 11.5 Å². The summed E-state index contributed by atoms with van der Waals surface area (Å²) in [5.41, 5.74) is 11.7. The van der Waals surface area contributed by atoms with Gasteiger partial charge in [0.25, 0.3) is 0 Å². The van der Waals surface area contributed by atoms with E-state index in [2.05, 4.69) is 10.1 Å². The number of nitrogens with one attached hydrogen (secondary N) is 1. The Labute approximate surface area is 99.4 Å². The molecule has 0 saturated heterocycles. The Balaban J connectivity index is 0.00000225. The first-order chi connectivity index (χ1) is 6.93. The van der Waals surface area contributed by atoms with Crippen LogP contribution in [0.15, 0.2) is 9.52 Å². The van der Waals surface area contributed by atoms with E-state index in [9.17, 15) is 0 Å². The number of rotatable bonds is 1. The zero-order valence-electron chi connectivity index (χ0n) is 9.31. The lowest BCUT2D eigenvalue weighted by atomic mass is 10.3. The summed E-state index contributed by atoms with van der Waals surface area (Å²) >= 11 is 0. The van der Waals surface area contributed by atoms with Gasteiger partial charge in [-0.2, -0.15) is 4.99 Å². The van der Waals surface area contributed by atoms with E-state index < -0.39 is 0 Å². The molecule has 0 aliphatic carbocycles. The molecule has 0 fully saturated rings. The van der Waals surface area contributed by atoms with Crippen LogP contribution in [0.4, 0.5) is 5.82 Å². The number of hydrogen-bond acceptors (Lipinski definition) is 4. The minimum atomic E-state index is -0.186. The van der Waals surface area contributed by atoms with E-state index in [4.69, 9.17) is 21.4 Å². The van der Waals surface area contributed by atoms with E-state index in [0.717, 1.165) is 5.56 Å². The van der Waals surface area contributed by atoms with Crippen molar-refractivity contribution >= 4 is 30.1 Å². The third-order valence-electron chi connectivity index (χ3n) is 2.06. The fourth-order valence-electron chi connectivity index (χ4n) is 0.817. The van der Waals surface area contributed by atoms with Gasteiger partial charge in [0.15, 0.2) is 5.96 Å². The molecule has 7 nitrogen and oxygen atoms in total. The van der Waals surface area contributed by atoms with E-state index in [1.54, 1.807) is 14.0 Å². The third-order valence-corrected chi connectivity index (χ3v) is 2.06. The van der Waals surface area contributed by atoms with Crippen molar-refractivity contribution in [3.8, 4) is 0 Å². The molecule has 1 aromatic rings. The van der Waals surface area contributed by atoms with Crippen molar-refractivity contribution < 1.29 is 4.52 Å². The van der Waals surface area contributed by atoms with E-state index in [-0.39, 0.29) is 24.3 Å². The summed E-state index contributed by atoms with van der Waals surface area (Å²) in [5, 5.41) is 10.9. The fraction of sp³-hybridized carbons (Fsp3) is 0.375. The molecular formula is C8H15ClN6O. The van der Waals surface area contributed by atoms with Gasteiger partial charge in [0.2, 0.25) is 11.8 Å². The van der Waals surface area contributed by atoms with Crippen molar-refractivity contribution in [1.29, 1.82) is 5.41 Å². The predicted octanol–water partition coefficient (Wildman–Crippen LogP) is 0.485. The maximum Gasteiger partial charge on any atom is 0.204 e. The maximum atomic E-state index is 7.15. The topological polar surface area (TPSA) is 118 Å². The number of aromatic nitrogens is 1. The molecule has 0 radical (unpaired) electrons. The lowest BCUT2D eigenvalue weighted by Gasteiger charge is -2.14. The van der Waals surface area contributed by atoms with E-state index >= 15 is 0 Å². The van der Waals surface area contributed by atoms with Crippen molar-refractivity contribution in [3.63, 3.8) is 0 Å². The van der Waals surface area contributed by atoms with Gasteiger partial charge in [-0.05, 0) is 13.8 Å². The lowest BCUT2D eigenvalue weighted by Crippen LogP contribution is -2.42. The molecule has 0 unspecified atom stereocenters. The van der Waals surface area contributed by atoms with Crippen LogP contribution in [0.25, 0.3) is 0 Å². The maximum absolute atomic E-state index is 7.15. The molecule has 0 amide bonds. The van der Waals surface area contributed by atoms with Crippen LogP contribution in [0.2, 0.25) is 0 Å². The fourth-order valence-corrected chi connectivity index (χ4v) is 0.817. The van der Waals surface area contributed by atoms with Crippen LogP contribution in [-0.4, -0.2) is 29.0 Å². The first-order valence-corrected chi connectivity index (χ1v) is 4.28. The first-order valence-electron chi connectivity index (χ1n) is 4.28. The second kappa shape index (κ2) is 5.36. The molecule has 5 N–H and O–H groups in total. The van der Waals surface area contributed by atoms with Crippen molar-refractivity contribution in [1.82, 2.24) is 10.1 Å². The average Bonchev–Trinajstić information content (AvgIpc) is 2.48. The summed E-state index contributed by atoms with van der Waals surface area (Å²) in [5.74, 6) is 0.998. The van der Waals surface area contributed by atoms with Crippen LogP contribution in [0.3, 0.4) is 0 Å². The molecule has 1 rings (SSSR count). The Hall–Kier alpha value is -1.76. The summed E-state index contributed by atoms with van der Waals surface area (Å²) in [6, 6.07) is 0. The minimum Gasteiger partial charge on any atom is -0.370 e. The molecule has 16 heavy (non-hydrogen) atoms. The van der Waals surface area contributed by atoms with Gasteiger partial charge in [0, 0.05) is 12.6 Å². The smallest absolute Gasteiger partial charge is 0.204 e. The predicted molar refractivity (Wildman–Crippen MR) is 64.2 cm³/mol. The highest BCUT2D eigenvalue weighted by molar-refractivity contribution is 5.96. The van der Waals surface area contributed by atoms with E-state index in [1.807, 2.05) is 6.92 Å². The number of guanidine groups is 2. The molecule has 0 aromatic carbocycles. The van der Waals surface area contributed by atoms with Gasteiger partial charge < -0.3 is 16.0 Å². The molecule has 0 bridgehead atoms. The summed E-state index contributed by atoms with van der Waals surface area (Å²) in [7, 11) is 1.55. The second-order valence-electron chi connectivity index (χ2n) is 3.10. The average molecular weight is 247 g/mol. The SMILES string of the molecule is Cc1onc(N=C(N)N(C)C(=N)N)c1C.Cl. The Kier molecular flexibility index (Phi) is 4.77. The monoisotopic (exact) mass is 246 g/mol. The normalized spacial score (nSPS) is 10.8. The van der Waals surface area contributed by atoms with E-state index in [0.29, 0.717) is 11.6 Å². The van der Waals surface area contributed by atoms with E-state index in [1.165, 1.54) is 4.90 Å². The number of nitrogens with zero attached hydrogens (tertiary/aromatic N) is 3. The summed E-state index contributed by atoms with van der Waals surface area (Å²) in [4.78, 5) is 5.23. The summed E-state index contributed by atoms with van der Waals surface area (Å²) in [6.07, 6.45) is 0. The number of aliphatic imine (C=N–C) groups is 1. The Morgan fingerprint density at radius 2 is 2.00 bits per heavy atom. The highest BCUT2D eigenvalue weighted by atomic mass is 35.5. The molecular weight excluding hydrogens is 232 g/mol. The van der Waals surface area contributed by atoms with Crippen molar-refractivity contribution in [2.75, 3.05) is 7.05 Å². The quantitative estimate of drug-likeness (QED) is 0.492. The summed E-state index contributed by atoms with van der Waals surface area (Å²) in [6.45, 7) is 3.61. The first kappa shape index (κ1) is 14.2. The molecule has 8 heteroatoms. The molecule has 90 valence electrons. The zero-order valence-corrected chi connectivity index (χ0v) is 10.1. The van der Waals surface area contributed by atoms with Crippen LogP contribution in [0.5, 0.6) is 0 Å². The number of halogens is 1. The van der Waals surface area contributed by atoms with Gasteiger partial charge in [-0.25, -0.2) is 0 Å². The number of nitrogens with two attached hydrogens (primary N) is 2. The van der Waals surface area contributed by atoms with Crippen molar-refractivity contribution in [3.05, 3.63) is 11.3 Å². The molecule has 1 heterocycles. The van der Waals surface area contributed by atoms with Gasteiger partial charge in [-0.15, -0.1) is 12.4 Å². The number of hydrogen-bond donors (Lipinski definition) is 3. The molecule has 0 aliphatic rings. The Morgan fingerprint density at radius 1 is 1.44 bits per heavy atom. The summed E-state index contributed by atoms with van der Waals surface area (Å²) < 4.78 is 4.92. The Morgan fingerprint density at radius 3 is 2.38 bits per heavy atom. The molecule has 0 saturated carbocycles. The highest BCUT2D eigenvalue weighted by Crippen LogP contribution is 2.19. The Bertz CT molecular complexity index is 413. The highest BCUT2D eigenvalue weighted by Gasteiger charge is 2.10. The van der Waals surface area contributed by atoms with Crippen LogP contribution in [-0.2, 0) is 0 Å². The van der Waals surface area contributed by atoms with Crippen molar-refractivity contribution in [2.24, 2.45) is 16.5 Å². The van der Waals surface area contributed by atoms with Crippen LogP contribution >= 0.6 is 12.4 Å². The van der Waals surface area contributed by atoms with Gasteiger partial charge in [-0.3, -0.25) is 10.3 Å². The van der Waals surface area contributed by atoms with Gasteiger partial charge in [0.05, 0.1) is 0 Å². The van der Waals surface area contributed by atoms with Crippen LogP contribution in [0.1, 0.15) is 11.3 Å². The molecule has 0 aliphatic heterocycles. The van der Waals surface area contributed by atoms with Gasteiger partial charge >= 0.3 is 0 Å². The number of aryl methyl sites for hydroxylation is 1. The minimum absolute atomic E-state index is 0. The van der Waals surface area contributed by atoms with Gasteiger partial charge in [-0.1, -0.05) is 5.16 Å². The second-order valence-corrected chi connectivity index (χ2v) is 3.10. The molecule has 0 atom stereocenters. The standard InChI is InChI=1S/C8H14N6O.ClH/c1-4-5(2)15-13-6(4)12-8(11)14(3)7(9)10;/h1-3H3,(H3,9,10)(H2,11,12,13);1H. The van der Waals surface area contributed by atoms with Gasteiger partial charge in [0.1, 0.15) is 5.76 Å². The lowest BCUT2D eigenvalue weighted by molar-refractivity contribution is 0.398. The van der Waals surface area contributed by atoms with Crippen molar-refractivity contribution in [2.45, 2.75) is 13.8 Å². The zero-order chi connectivity index (χ0) is 11.6. The molecule has 1 aromatic heterocycles. The third kappa shape index (κ3) is 2.86. The largest absolute Gasteiger partial charge is 0.370 e. The van der Waals surface area contributed by atoms with Crippen LogP contribution in [0, 0.1) is 19.3 Å².